The van der Waals surface area contributed by atoms with E-state index in [-0.39, 0.29) is 10.5 Å². The summed E-state index contributed by atoms with van der Waals surface area (Å²) in [5.74, 6) is 0. The van der Waals surface area contributed by atoms with Crippen LogP contribution in [0.3, 0.4) is 0 Å². The maximum absolute atomic E-state index is 13.4. The van der Waals surface area contributed by atoms with Crippen molar-refractivity contribution in [2.24, 2.45) is 4.99 Å². The van der Waals surface area contributed by atoms with Crippen LogP contribution >= 0.6 is 0 Å². The van der Waals surface area contributed by atoms with Crippen LogP contribution in [0.25, 0.3) is 5.70 Å². The normalized spacial score (nSPS) is 18.9. The summed E-state index contributed by atoms with van der Waals surface area (Å²) in [6.07, 6.45) is 7.28. The van der Waals surface area contributed by atoms with Gasteiger partial charge < -0.3 is 0 Å². The van der Waals surface area contributed by atoms with Gasteiger partial charge >= 0.3 is 6.03 Å². The quantitative estimate of drug-likeness (QED) is 0.652. The molecule has 2 heterocycles. The molecule has 0 spiro atoms. The van der Waals surface area contributed by atoms with E-state index in [9.17, 15) is 4.79 Å². The van der Waals surface area contributed by atoms with Gasteiger partial charge in [-0.2, -0.15) is 9.48 Å². The minimum Gasteiger partial charge on any atom is -0.245 e. The van der Waals surface area contributed by atoms with Crippen molar-refractivity contribution in [2.75, 3.05) is 6.54 Å². The Balaban J connectivity index is 1.86. The number of hydrogen-bond acceptors (Lipinski definition) is 3. The largest absolute Gasteiger partial charge is 0.439 e. The molecular weight excluding hydrogens is 336 g/mol. The van der Waals surface area contributed by atoms with Gasteiger partial charge in [-0.1, -0.05) is 60.7 Å². The van der Waals surface area contributed by atoms with E-state index < -0.39 is 0 Å². The fourth-order valence-electron chi connectivity index (χ4n) is 3.49. The van der Waals surface area contributed by atoms with Crippen LogP contribution < -0.4 is 0 Å². The molecule has 1 aliphatic rings. The van der Waals surface area contributed by atoms with E-state index in [0.717, 1.165) is 22.5 Å². The van der Waals surface area contributed by atoms with Crippen molar-refractivity contribution >= 4 is 18.1 Å². The number of likely N-dealkylation sites (N-methyl/N-ethyl adjacent to an activating group) is 1. The number of benzene rings is 2. The second kappa shape index (κ2) is 7.13. The van der Waals surface area contributed by atoms with Crippen LogP contribution in [0, 0.1) is 0 Å². The molecule has 134 valence electrons. The van der Waals surface area contributed by atoms with E-state index in [1.165, 1.54) is 4.57 Å². The molecule has 0 radical (unpaired) electrons. The SMILES string of the molecule is CC[N+]1(C(=O)n2ccnc2)C=NC(c2ccccc2)=C1Cc1ccccc1. The van der Waals surface area contributed by atoms with Gasteiger partial charge in [-0.15, -0.1) is 0 Å². The molecular formula is C22H21N4O+. The van der Waals surface area contributed by atoms with Crippen molar-refractivity contribution in [3.63, 3.8) is 0 Å². The second-order valence-electron chi connectivity index (χ2n) is 6.51. The molecule has 0 fully saturated rings. The Morgan fingerprint density at radius 3 is 2.37 bits per heavy atom. The van der Waals surface area contributed by atoms with Crippen LogP contribution in [0.2, 0.25) is 0 Å². The third-order valence-electron chi connectivity index (χ3n) is 4.97. The number of amides is 1. The van der Waals surface area contributed by atoms with Gasteiger partial charge in [0.05, 0.1) is 13.0 Å². The number of carbonyl (C=O) groups excluding carboxylic acids is 1. The molecule has 1 amide bonds. The number of rotatable bonds is 4. The van der Waals surface area contributed by atoms with Crippen LogP contribution in [0.1, 0.15) is 18.1 Å². The summed E-state index contributed by atoms with van der Waals surface area (Å²) in [7, 11) is 0. The van der Waals surface area contributed by atoms with Crippen LogP contribution in [-0.2, 0) is 6.42 Å². The number of aromatic nitrogens is 2. The van der Waals surface area contributed by atoms with Crippen LogP contribution in [-0.4, -0.2) is 32.9 Å². The lowest BCUT2D eigenvalue weighted by molar-refractivity contribution is -0.705. The number of quaternary nitrogens is 1. The molecule has 4 rings (SSSR count). The van der Waals surface area contributed by atoms with E-state index in [1.54, 1.807) is 25.1 Å². The van der Waals surface area contributed by atoms with Gasteiger partial charge in [0.1, 0.15) is 12.0 Å². The van der Waals surface area contributed by atoms with Gasteiger partial charge in [-0.05, 0) is 12.5 Å². The van der Waals surface area contributed by atoms with Crippen molar-refractivity contribution in [3.8, 4) is 0 Å². The molecule has 0 N–H and O–H groups in total. The van der Waals surface area contributed by atoms with Gasteiger partial charge in [0.15, 0.2) is 5.70 Å². The zero-order valence-electron chi connectivity index (χ0n) is 15.2. The molecule has 0 aliphatic carbocycles. The molecule has 2 aromatic carbocycles. The maximum atomic E-state index is 13.4. The Labute approximate surface area is 158 Å². The first-order valence-electron chi connectivity index (χ1n) is 9.03. The summed E-state index contributed by atoms with van der Waals surface area (Å²) in [6, 6.07) is 20.2. The highest BCUT2D eigenvalue weighted by Crippen LogP contribution is 2.35. The minimum atomic E-state index is -0.0735. The minimum absolute atomic E-state index is 0.0650. The van der Waals surface area contributed by atoms with Gasteiger partial charge in [-0.25, -0.2) is 14.3 Å². The fourth-order valence-corrected chi connectivity index (χ4v) is 3.49. The van der Waals surface area contributed by atoms with Crippen molar-refractivity contribution < 1.29 is 9.28 Å². The molecule has 1 aromatic heterocycles. The maximum Gasteiger partial charge on any atom is 0.439 e. The third-order valence-corrected chi connectivity index (χ3v) is 4.97. The van der Waals surface area contributed by atoms with Gasteiger partial charge in [-0.3, -0.25) is 0 Å². The molecule has 1 aliphatic heterocycles. The Bertz CT molecular complexity index is 991. The fraction of sp³-hybridized carbons (Fsp3) is 0.136. The first-order valence-corrected chi connectivity index (χ1v) is 9.03. The molecule has 3 aromatic rings. The molecule has 5 heteroatoms. The number of nitrogens with zero attached hydrogens (tertiary/aromatic N) is 4. The van der Waals surface area contributed by atoms with Crippen LogP contribution in [0.15, 0.2) is 90.1 Å². The highest BCUT2D eigenvalue weighted by molar-refractivity contribution is 5.87. The van der Waals surface area contributed by atoms with Gasteiger partial charge in [0, 0.05) is 18.0 Å². The molecule has 0 saturated heterocycles. The van der Waals surface area contributed by atoms with Gasteiger partial charge in [0.25, 0.3) is 0 Å². The van der Waals surface area contributed by atoms with Crippen LogP contribution in [0.4, 0.5) is 4.79 Å². The van der Waals surface area contributed by atoms with E-state index in [2.05, 4.69) is 17.1 Å². The average molecular weight is 357 g/mol. The first-order chi connectivity index (χ1) is 13.2. The number of imidazole rings is 1. The molecule has 1 unspecified atom stereocenters. The summed E-state index contributed by atoms with van der Waals surface area (Å²) in [4.78, 5) is 22.2. The average Bonchev–Trinajstić information content (AvgIpc) is 3.38. The Hall–Kier alpha value is -3.31. The molecule has 1 atom stereocenters. The predicted molar refractivity (Wildman–Crippen MR) is 106 cm³/mol. The highest BCUT2D eigenvalue weighted by atomic mass is 16.2. The first kappa shape index (κ1) is 17.1. The van der Waals surface area contributed by atoms with E-state index in [1.807, 2.05) is 55.5 Å². The zero-order valence-corrected chi connectivity index (χ0v) is 15.2. The predicted octanol–water partition coefficient (Wildman–Crippen LogP) is 4.34. The van der Waals surface area contributed by atoms with E-state index in [4.69, 9.17) is 4.99 Å². The molecule has 0 bridgehead atoms. The monoisotopic (exact) mass is 357 g/mol. The zero-order chi connectivity index (χ0) is 18.7. The summed E-state index contributed by atoms with van der Waals surface area (Å²) >= 11 is 0. The Morgan fingerprint density at radius 2 is 1.74 bits per heavy atom. The second-order valence-corrected chi connectivity index (χ2v) is 6.51. The number of allylic oxidation sites excluding steroid dienone is 1. The lowest BCUT2D eigenvalue weighted by Gasteiger charge is -2.28. The van der Waals surface area contributed by atoms with E-state index in [0.29, 0.717) is 13.0 Å². The number of hydrogen-bond donors (Lipinski definition) is 0. The third kappa shape index (κ3) is 3.02. The molecule has 5 nitrogen and oxygen atoms in total. The molecule has 0 saturated carbocycles. The standard InChI is InChI=1S/C22H21N4O/c1-2-26(22(27)25-14-13-23-16-25)17-24-21(19-11-7-4-8-12-19)20(26)15-18-9-5-3-6-10-18/h3-14,16-17H,2,15H2,1H3/q+1. The topological polar surface area (TPSA) is 47.2 Å². The smallest absolute Gasteiger partial charge is 0.245 e. The van der Waals surface area contributed by atoms with Crippen molar-refractivity contribution in [2.45, 2.75) is 13.3 Å². The lowest BCUT2D eigenvalue weighted by Crippen LogP contribution is -2.51. The Kier molecular flexibility index (Phi) is 4.52. The highest BCUT2D eigenvalue weighted by Gasteiger charge is 2.45. The van der Waals surface area contributed by atoms with Crippen molar-refractivity contribution in [1.29, 1.82) is 0 Å². The van der Waals surface area contributed by atoms with Crippen molar-refractivity contribution in [1.82, 2.24) is 9.55 Å². The van der Waals surface area contributed by atoms with Gasteiger partial charge in [0.2, 0.25) is 6.34 Å². The Morgan fingerprint density at radius 1 is 1.04 bits per heavy atom. The summed E-state index contributed by atoms with van der Waals surface area (Å²) in [6.45, 7) is 2.60. The lowest BCUT2D eigenvalue weighted by atomic mass is 10.0. The van der Waals surface area contributed by atoms with Crippen LogP contribution in [0.5, 0.6) is 0 Å². The number of carbonyl (C=O) groups is 1. The van der Waals surface area contributed by atoms with E-state index >= 15 is 0 Å². The summed E-state index contributed by atoms with van der Waals surface area (Å²) < 4.78 is 1.60. The number of aliphatic imine (C=N–C) groups is 1. The van der Waals surface area contributed by atoms with Crippen molar-refractivity contribution in [3.05, 3.63) is 96.2 Å². The summed E-state index contributed by atoms with van der Waals surface area (Å²) in [5, 5.41) is 0. The summed E-state index contributed by atoms with van der Waals surface area (Å²) in [5.41, 5.74) is 4.02. The molecule has 27 heavy (non-hydrogen) atoms.